The third-order valence-corrected chi connectivity index (χ3v) is 2.10. The maximum absolute atomic E-state index is 8.97. The Labute approximate surface area is 79.0 Å². The van der Waals surface area contributed by atoms with Crippen LogP contribution in [0.3, 0.4) is 0 Å². The predicted octanol–water partition coefficient (Wildman–Crippen LogP) is 2.13. The zero-order valence-corrected chi connectivity index (χ0v) is 8.84. The summed E-state index contributed by atoms with van der Waals surface area (Å²) in [5.74, 6) is 0. The molecule has 0 aromatic carbocycles. The highest BCUT2D eigenvalue weighted by atomic mass is 15.3. The van der Waals surface area contributed by atoms with Crippen LogP contribution in [0.4, 0.5) is 0 Å². The lowest BCUT2D eigenvalue weighted by Crippen LogP contribution is -2.24. The van der Waals surface area contributed by atoms with E-state index in [2.05, 4.69) is 11.2 Å². The molecule has 0 unspecified atom stereocenters. The number of rotatable bonds is 0. The molecule has 3 heteroatoms. The van der Waals surface area contributed by atoms with Crippen molar-refractivity contribution in [1.82, 2.24) is 9.78 Å². The van der Waals surface area contributed by atoms with Gasteiger partial charge in [0, 0.05) is 5.56 Å². The molecule has 1 rings (SSSR count). The molecule has 0 atom stereocenters. The maximum atomic E-state index is 8.97. The topological polar surface area (TPSA) is 41.6 Å². The SMILES string of the molecule is Cc1nn(C(C)(C)C)c(C#N)c1C. The van der Waals surface area contributed by atoms with Crippen molar-refractivity contribution in [3.8, 4) is 6.07 Å². The maximum Gasteiger partial charge on any atom is 0.142 e. The van der Waals surface area contributed by atoms with Crippen LogP contribution in [-0.4, -0.2) is 9.78 Å². The Balaban J connectivity index is 3.41. The molecule has 0 saturated carbocycles. The number of nitriles is 1. The lowest BCUT2D eigenvalue weighted by molar-refractivity contribution is 0.350. The van der Waals surface area contributed by atoms with Gasteiger partial charge in [0.15, 0.2) is 0 Å². The molecule has 1 aromatic rings. The first-order valence-corrected chi connectivity index (χ1v) is 4.34. The van der Waals surface area contributed by atoms with Gasteiger partial charge in [-0.2, -0.15) is 10.4 Å². The van der Waals surface area contributed by atoms with E-state index in [-0.39, 0.29) is 5.54 Å². The summed E-state index contributed by atoms with van der Waals surface area (Å²) >= 11 is 0. The first-order valence-electron chi connectivity index (χ1n) is 4.34. The van der Waals surface area contributed by atoms with Crippen molar-refractivity contribution < 1.29 is 0 Å². The average Bonchev–Trinajstić information content (AvgIpc) is 2.28. The largest absolute Gasteiger partial charge is 0.249 e. The fourth-order valence-electron chi connectivity index (χ4n) is 1.22. The molecule has 0 aliphatic heterocycles. The van der Waals surface area contributed by atoms with Gasteiger partial charge >= 0.3 is 0 Å². The Kier molecular flexibility index (Phi) is 2.17. The third kappa shape index (κ3) is 1.57. The zero-order chi connectivity index (χ0) is 10.2. The molecule has 0 radical (unpaired) electrons. The van der Waals surface area contributed by atoms with E-state index >= 15 is 0 Å². The molecule has 13 heavy (non-hydrogen) atoms. The van der Waals surface area contributed by atoms with Crippen molar-refractivity contribution in [2.24, 2.45) is 0 Å². The highest BCUT2D eigenvalue weighted by Gasteiger charge is 2.20. The molecule has 0 amide bonds. The molecule has 0 N–H and O–H groups in total. The van der Waals surface area contributed by atoms with E-state index in [4.69, 9.17) is 5.26 Å². The predicted molar refractivity (Wildman–Crippen MR) is 51.4 cm³/mol. The average molecular weight is 177 g/mol. The van der Waals surface area contributed by atoms with Gasteiger partial charge in [0.25, 0.3) is 0 Å². The van der Waals surface area contributed by atoms with Crippen LogP contribution in [0.5, 0.6) is 0 Å². The highest BCUT2D eigenvalue weighted by Crippen LogP contribution is 2.20. The van der Waals surface area contributed by atoms with E-state index in [0.29, 0.717) is 5.69 Å². The molecule has 0 bridgehead atoms. The Hall–Kier alpha value is -1.30. The lowest BCUT2D eigenvalue weighted by Gasteiger charge is -2.20. The standard InChI is InChI=1S/C10H15N3/c1-7-8(2)12-13(9(7)6-11)10(3,4)5/h1-5H3. The van der Waals surface area contributed by atoms with Crippen LogP contribution >= 0.6 is 0 Å². The number of nitrogens with zero attached hydrogens (tertiary/aromatic N) is 3. The van der Waals surface area contributed by atoms with Gasteiger partial charge in [-0.25, -0.2) is 4.68 Å². The molecule has 0 fully saturated rings. The van der Waals surface area contributed by atoms with Crippen LogP contribution in [0, 0.1) is 25.2 Å². The first-order chi connectivity index (χ1) is 5.88. The minimum Gasteiger partial charge on any atom is -0.249 e. The van der Waals surface area contributed by atoms with Crippen molar-refractivity contribution in [1.29, 1.82) is 5.26 Å². The summed E-state index contributed by atoms with van der Waals surface area (Å²) in [7, 11) is 0. The van der Waals surface area contributed by atoms with E-state index in [1.165, 1.54) is 0 Å². The molecule has 0 saturated heterocycles. The third-order valence-electron chi connectivity index (χ3n) is 2.10. The second-order valence-electron chi connectivity index (χ2n) is 4.25. The monoisotopic (exact) mass is 177 g/mol. The van der Waals surface area contributed by atoms with Gasteiger partial charge in [-0.3, -0.25) is 0 Å². The van der Waals surface area contributed by atoms with Crippen LogP contribution in [0.1, 0.15) is 37.7 Å². The van der Waals surface area contributed by atoms with Crippen molar-refractivity contribution >= 4 is 0 Å². The minimum absolute atomic E-state index is 0.121. The van der Waals surface area contributed by atoms with Gasteiger partial charge in [-0.15, -0.1) is 0 Å². The number of hydrogen-bond acceptors (Lipinski definition) is 2. The van der Waals surface area contributed by atoms with E-state index in [0.717, 1.165) is 11.3 Å². The van der Waals surface area contributed by atoms with Crippen LogP contribution < -0.4 is 0 Å². The van der Waals surface area contributed by atoms with Crippen LogP contribution in [0.25, 0.3) is 0 Å². The van der Waals surface area contributed by atoms with E-state index in [1.807, 2.05) is 34.6 Å². The van der Waals surface area contributed by atoms with Crippen molar-refractivity contribution in [2.45, 2.75) is 40.2 Å². The van der Waals surface area contributed by atoms with Gasteiger partial charge in [0.1, 0.15) is 11.8 Å². The van der Waals surface area contributed by atoms with Gasteiger partial charge < -0.3 is 0 Å². The van der Waals surface area contributed by atoms with Crippen molar-refractivity contribution in [3.05, 3.63) is 17.0 Å². The molecular formula is C10H15N3. The summed E-state index contributed by atoms with van der Waals surface area (Å²) in [6.45, 7) is 9.99. The van der Waals surface area contributed by atoms with Gasteiger partial charge in [0.05, 0.1) is 11.2 Å². The van der Waals surface area contributed by atoms with Crippen LogP contribution in [0.2, 0.25) is 0 Å². The van der Waals surface area contributed by atoms with Crippen molar-refractivity contribution in [2.75, 3.05) is 0 Å². The smallest absolute Gasteiger partial charge is 0.142 e. The fourth-order valence-corrected chi connectivity index (χ4v) is 1.22. The number of hydrogen-bond donors (Lipinski definition) is 0. The molecule has 70 valence electrons. The molecule has 1 aromatic heterocycles. The van der Waals surface area contributed by atoms with Crippen molar-refractivity contribution in [3.63, 3.8) is 0 Å². The lowest BCUT2D eigenvalue weighted by atomic mass is 10.1. The summed E-state index contributed by atoms with van der Waals surface area (Å²) in [5.41, 5.74) is 2.47. The summed E-state index contributed by atoms with van der Waals surface area (Å²) in [6, 6.07) is 2.19. The number of aryl methyl sites for hydroxylation is 1. The van der Waals surface area contributed by atoms with Gasteiger partial charge in [-0.05, 0) is 34.6 Å². The normalized spacial score (nSPS) is 11.4. The fraction of sp³-hybridized carbons (Fsp3) is 0.600. The summed E-state index contributed by atoms with van der Waals surface area (Å²) in [6.07, 6.45) is 0. The Morgan fingerprint density at radius 3 is 2.15 bits per heavy atom. The minimum atomic E-state index is -0.121. The molecule has 1 heterocycles. The Morgan fingerprint density at radius 2 is 1.85 bits per heavy atom. The van der Waals surface area contributed by atoms with Crippen LogP contribution in [0.15, 0.2) is 0 Å². The molecule has 0 aliphatic rings. The zero-order valence-electron chi connectivity index (χ0n) is 8.84. The first kappa shape index (κ1) is 9.79. The van der Waals surface area contributed by atoms with Gasteiger partial charge in [0.2, 0.25) is 0 Å². The second-order valence-corrected chi connectivity index (χ2v) is 4.25. The summed E-state index contributed by atoms with van der Waals surface area (Å²) in [5, 5.41) is 13.3. The van der Waals surface area contributed by atoms with E-state index in [9.17, 15) is 0 Å². The number of aromatic nitrogens is 2. The molecule has 3 nitrogen and oxygen atoms in total. The quantitative estimate of drug-likeness (QED) is 0.609. The molecular weight excluding hydrogens is 162 g/mol. The highest BCUT2D eigenvalue weighted by molar-refractivity contribution is 5.34. The van der Waals surface area contributed by atoms with E-state index in [1.54, 1.807) is 4.68 Å². The summed E-state index contributed by atoms with van der Waals surface area (Å²) < 4.78 is 1.79. The molecule has 0 spiro atoms. The summed E-state index contributed by atoms with van der Waals surface area (Å²) in [4.78, 5) is 0. The Morgan fingerprint density at radius 1 is 1.31 bits per heavy atom. The Bertz CT molecular complexity index is 361. The van der Waals surface area contributed by atoms with Gasteiger partial charge in [-0.1, -0.05) is 0 Å². The van der Waals surface area contributed by atoms with E-state index < -0.39 is 0 Å². The second kappa shape index (κ2) is 2.88. The van der Waals surface area contributed by atoms with Crippen LogP contribution in [-0.2, 0) is 5.54 Å². The molecule has 0 aliphatic carbocycles.